The van der Waals surface area contributed by atoms with E-state index in [1.165, 1.54) is 12.1 Å². The molecule has 0 spiro atoms. The molecule has 2 heterocycles. The Morgan fingerprint density at radius 3 is 2.54 bits per heavy atom. The number of anilines is 2. The molecule has 0 aliphatic carbocycles. The summed E-state index contributed by atoms with van der Waals surface area (Å²) in [5, 5.41) is 8.55. The quantitative estimate of drug-likeness (QED) is 0.522. The lowest BCUT2D eigenvalue weighted by atomic mass is 9.98. The van der Waals surface area contributed by atoms with E-state index in [0.29, 0.717) is 34.1 Å². The molecule has 2 aromatic carbocycles. The normalized spacial score (nSPS) is 13.9. The predicted molar refractivity (Wildman–Crippen MR) is 126 cm³/mol. The van der Waals surface area contributed by atoms with Crippen LogP contribution >= 0.6 is 11.6 Å². The number of rotatable bonds is 5. The first-order valence-electron chi connectivity index (χ1n) is 10.4. The van der Waals surface area contributed by atoms with Gasteiger partial charge in [-0.1, -0.05) is 29.8 Å². The topological polar surface area (TPSA) is 105 Å². The Kier molecular flexibility index (Phi) is 6.76. The maximum absolute atomic E-state index is 12.9. The Balaban J connectivity index is 1.61. The average molecular weight is 525 g/mol. The second-order valence-electron chi connectivity index (χ2n) is 8.05. The fraction of sp³-hybridized carbons (Fsp3) is 0.217. The highest BCUT2D eigenvalue weighted by molar-refractivity contribution is 7.89. The van der Waals surface area contributed by atoms with Gasteiger partial charge >= 0.3 is 6.18 Å². The van der Waals surface area contributed by atoms with E-state index in [9.17, 15) is 26.4 Å². The molecule has 12 heteroatoms. The van der Waals surface area contributed by atoms with Crippen molar-refractivity contribution < 1.29 is 26.4 Å². The van der Waals surface area contributed by atoms with E-state index in [1.54, 1.807) is 35.2 Å². The lowest BCUT2D eigenvalue weighted by Gasteiger charge is -2.31. The van der Waals surface area contributed by atoms with Crippen molar-refractivity contribution in [2.24, 2.45) is 5.14 Å². The lowest BCUT2D eigenvalue weighted by Crippen LogP contribution is -2.33. The number of nitrogens with two attached hydrogens (primary N) is 1. The molecule has 1 aromatic heterocycles. The number of nitrogens with zero attached hydrogens (tertiary/aromatic N) is 2. The van der Waals surface area contributed by atoms with Crippen LogP contribution in [0.2, 0.25) is 5.02 Å². The van der Waals surface area contributed by atoms with Gasteiger partial charge in [0.2, 0.25) is 15.9 Å². The van der Waals surface area contributed by atoms with Crippen molar-refractivity contribution >= 4 is 39.0 Å². The largest absolute Gasteiger partial charge is 0.417 e. The van der Waals surface area contributed by atoms with E-state index in [0.717, 1.165) is 12.3 Å². The van der Waals surface area contributed by atoms with Crippen LogP contribution in [-0.2, 0) is 40.4 Å². The van der Waals surface area contributed by atoms with E-state index in [4.69, 9.17) is 16.7 Å². The van der Waals surface area contributed by atoms with E-state index >= 15 is 0 Å². The second-order valence-corrected chi connectivity index (χ2v) is 9.98. The van der Waals surface area contributed by atoms with Crippen LogP contribution in [0.4, 0.5) is 24.7 Å². The van der Waals surface area contributed by atoms with Gasteiger partial charge in [-0.2, -0.15) is 13.2 Å². The molecule has 0 saturated heterocycles. The van der Waals surface area contributed by atoms with Crippen molar-refractivity contribution in [3.63, 3.8) is 0 Å². The average Bonchev–Trinajstić information content (AvgIpc) is 2.78. The third-order valence-electron chi connectivity index (χ3n) is 5.59. The van der Waals surface area contributed by atoms with Crippen LogP contribution in [0.1, 0.15) is 22.3 Å². The van der Waals surface area contributed by atoms with Gasteiger partial charge in [-0.25, -0.2) is 18.5 Å². The first-order chi connectivity index (χ1) is 16.4. The van der Waals surface area contributed by atoms with Crippen LogP contribution in [0.15, 0.2) is 59.6 Å². The standard InChI is InChI=1S/C23H20ClF3N4O3S/c24-19-4-2-1-3-14(19)10-22(32)30-17-9-15-13-31(8-7-18(15)20(11-17)35(28,33)34)21-6-5-16(12-29-21)23(25,26)27/h1-6,9,11-12H,7-8,10,13H2,(H,30,32)(H2,28,33,34). The number of fused-ring (bicyclic) bond motifs is 1. The van der Waals surface area contributed by atoms with Gasteiger partial charge < -0.3 is 10.2 Å². The highest BCUT2D eigenvalue weighted by atomic mass is 35.5. The van der Waals surface area contributed by atoms with Crippen LogP contribution in [-0.4, -0.2) is 25.9 Å². The summed E-state index contributed by atoms with van der Waals surface area (Å²) in [5.41, 5.74) is 1.04. The molecule has 1 aliphatic rings. The van der Waals surface area contributed by atoms with E-state index < -0.39 is 27.7 Å². The molecule has 0 fully saturated rings. The van der Waals surface area contributed by atoms with Crippen molar-refractivity contribution in [1.82, 2.24) is 4.98 Å². The van der Waals surface area contributed by atoms with Crippen LogP contribution in [0, 0.1) is 0 Å². The third-order valence-corrected chi connectivity index (χ3v) is 6.94. The molecule has 0 bridgehead atoms. The van der Waals surface area contributed by atoms with Crippen molar-refractivity contribution in [3.05, 3.63) is 82.0 Å². The lowest BCUT2D eigenvalue weighted by molar-refractivity contribution is -0.137. The number of nitrogens with one attached hydrogen (secondary N) is 1. The molecule has 4 rings (SSSR count). The summed E-state index contributed by atoms with van der Waals surface area (Å²) in [6.07, 6.45) is -3.49. The monoisotopic (exact) mass is 524 g/mol. The number of carbonyl (C=O) groups is 1. The zero-order valence-electron chi connectivity index (χ0n) is 18.1. The number of halogens is 4. The zero-order valence-corrected chi connectivity index (χ0v) is 19.7. The number of alkyl halides is 3. The minimum absolute atomic E-state index is 0.0247. The molecule has 3 N–H and O–H groups in total. The van der Waals surface area contributed by atoms with Crippen molar-refractivity contribution in [1.29, 1.82) is 0 Å². The van der Waals surface area contributed by atoms with Gasteiger partial charge in [0.25, 0.3) is 0 Å². The number of hydrogen-bond acceptors (Lipinski definition) is 5. The van der Waals surface area contributed by atoms with Gasteiger partial charge in [0.05, 0.1) is 16.9 Å². The summed E-state index contributed by atoms with van der Waals surface area (Å²) in [6.45, 7) is 0.497. The molecule has 1 amide bonds. The number of amides is 1. The van der Waals surface area contributed by atoms with Crippen molar-refractivity contribution in [2.75, 3.05) is 16.8 Å². The van der Waals surface area contributed by atoms with Gasteiger partial charge in [0, 0.05) is 30.0 Å². The Morgan fingerprint density at radius 2 is 1.91 bits per heavy atom. The number of pyridine rings is 1. The summed E-state index contributed by atoms with van der Waals surface area (Å²) in [6, 6.07) is 12.0. The summed E-state index contributed by atoms with van der Waals surface area (Å²) in [7, 11) is -4.10. The number of carbonyl (C=O) groups excluding carboxylic acids is 1. The molecule has 35 heavy (non-hydrogen) atoms. The predicted octanol–water partition coefficient (Wildman–Crippen LogP) is 4.15. The molecule has 0 saturated carbocycles. The minimum Gasteiger partial charge on any atom is -0.352 e. The molecule has 7 nitrogen and oxygen atoms in total. The van der Waals surface area contributed by atoms with Gasteiger partial charge in [0.15, 0.2) is 0 Å². The number of sulfonamides is 1. The number of primary sulfonamides is 1. The van der Waals surface area contributed by atoms with Gasteiger partial charge in [0.1, 0.15) is 5.82 Å². The van der Waals surface area contributed by atoms with Gasteiger partial charge in [-0.05, 0) is 53.4 Å². The Bertz CT molecular complexity index is 1380. The van der Waals surface area contributed by atoms with Gasteiger partial charge in [-0.3, -0.25) is 4.79 Å². The van der Waals surface area contributed by atoms with Crippen LogP contribution in [0.3, 0.4) is 0 Å². The van der Waals surface area contributed by atoms with Crippen LogP contribution in [0.25, 0.3) is 0 Å². The second kappa shape index (κ2) is 9.48. The third kappa shape index (κ3) is 5.75. The van der Waals surface area contributed by atoms with Gasteiger partial charge in [-0.15, -0.1) is 0 Å². The molecule has 0 radical (unpaired) electrons. The Morgan fingerprint density at radius 1 is 1.17 bits per heavy atom. The highest BCUT2D eigenvalue weighted by Crippen LogP contribution is 2.33. The smallest absolute Gasteiger partial charge is 0.352 e. The zero-order chi connectivity index (χ0) is 25.4. The molecule has 184 valence electrons. The number of aromatic nitrogens is 1. The fourth-order valence-corrected chi connectivity index (χ4v) is 5.01. The van der Waals surface area contributed by atoms with E-state index in [2.05, 4.69) is 10.3 Å². The first-order valence-corrected chi connectivity index (χ1v) is 12.3. The van der Waals surface area contributed by atoms with E-state index in [-0.39, 0.29) is 30.0 Å². The maximum Gasteiger partial charge on any atom is 0.417 e. The minimum atomic E-state index is -4.50. The van der Waals surface area contributed by atoms with Crippen LogP contribution in [0.5, 0.6) is 0 Å². The summed E-state index contributed by atoms with van der Waals surface area (Å²) >= 11 is 6.11. The maximum atomic E-state index is 12.9. The Hall–Kier alpha value is -3.15. The van der Waals surface area contributed by atoms with Crippen molar-refractivity contribution in [3.8, 4) is 0 Å². The molecule has 1 aliphatic heterocycles. The van der Waals surface area contributed by atoms with Crippen molar-refractivity contribution in [2.45, 2.75) is 30.5 Å². The summed E-state index contributed by atoms with van der Waals surface area (Å²) < 4.78 is 63.1. The highest BCUT2D eigenvalue weighted by Gasteiger charge is 2.31. The summed E-state index contributed by atoms with van der Waals surface area (Å²) in [4.78, 5) is 18.1. The molecular formula is C23H20ClF3N4O3S. The number of hydrogen-bond donors (Lipinski definition) is 2. The molecule has 0 atom stereocenters. The fourth-order valence-electron chi connectivity index (χ4n) is 3.94. The SMILES string of the molecule is NS(=O)(=O)c1cc(NC(=O)Cc2ccccc2Cl)cc2c1CCN(c1ccc(C(F)(F)F)cn1)C2. The Labute approximate surface area is 204 Å². The molecule has 3 aromatic rings. The number of benzene rings is 2. The molecule has 0 unspecified atom stereocenters. The molecular weight excluding hydrogens is 505 g/mol. The van der Waals surface area contributed by atoms with Crippen LogP contribution < -0.4 is 15.4 Å². The summed E-state index contributed by atoms with van der Waals surface area (Å²) in [5.74, 6) is -0.0931. The first kappa shape index (κ1) is 25.0. The van der Waals surface area contributed by atoms with E-state index in [1.807, 2.05) is 0 Å².